The van der Waals surface area contributed by atoms with Gasteiger partial charge < -0.3 is 10.0 Å². The van der Waals surface area contributed by atoms with Crippen molar-refractivity contribution in [2.24, 2.45) is 0 Å². The van der Waals surface area contributed by atoms with E-state index in [4.69, 9.17) is 5.11 Å². The van der Waals surface area contributed by atoms with Crippen molar-refractivity contribution < 1.29 is 14.7 Å². The summed E-state index contributed by atoms with van der Waals surface area (Å²) in [5.74, 6) is -1.17. The number of fused-ring (bicyclic) bond motifs is 1. The molecule has 0 aliphatic carbocycles. The molecule has 0 saturated carbocycles. The number of anilines is 1. The fourth-order valence-corrected chi connectivity index (χ4v) is 2.58. The highest BCUT2D eigenvalue weighted by Gasteiger charge is 2.22. The first kappa shape index (κ1) is 13.4. The summed E-state index contributed by atoms with van der Waals surface area (Å²) in [6, 6.07) is 9.25. The summed E-state index contributed by atoms with van der Waals surface area (Å²) in [4.78, 5) is 25.0. The molecule has 1 amide bonds. The number of benzene rings is 1. The lowest BCUT2D eigenvalue weighted by atomic mass is 10.0. The predicted molar refractivity (Wildman–Crippen MR) is 76.3 cm³/mol. The van der Waals surface area contributed by atoms with Crippen LogP contribution in [0.15, 0.2) is 36.5 Å². The lowest BCUT2D eigenvalue weighted by Crippen LogP contribution is -2.37. The van der Waals surface area contributed by atoms with Crippen LogP contribution < -0.4 is 4.90 Å². The molecular formula is C15H15N3O3. The van der Waals surface area contributed by atoms with Crippen LogP contribution in [-0.2, 0) is 17.8 Å². The number of hydrogen-bond donors (Lipinski definition) is 1. The Kier molecular flexibility index (Phi) is 3.43. The number of rotatable bonds is 3. The van der Waals surface area contributed by atoms with E-state index in [0.717, 1.165) is 18.5 Å². The second-order valence-electron chi connectivity index (χ2n) is 4.98. The summed E-state index contributed by atoms with van der Waals surface area (Å²) >= 11 is 0. The molecule has 1 aromatic heterocycles. The number of aromatic carboxylic acids is 1. The van der Waals surface area contributed by atoms with Crippen LogP contribution in [0, 0.1) is 0 Å². The molecule has 0 atom stereocenters. The smallest absolute Gasteiger partial charge is 0.356 e. The molecule has 0 fully saturated rings. The van der Waals surface area contributed by atoms with Gasteiger partial charge in [0.05, 0.1) is 0 Å². The van der Waals surface area contributed by atoms with Crippen molar-refractivity contribution in [3.63, 3.8) is 0 Å². The van der Waals surface area contributed by atoms with Gasteiger partial charge in [-0.2, -0.15) is 5.10 Å². The summed E-state index contributed by atoms with van der Waals surface area (Å²) in [5, 5.41) is 12.7. The van der Waals surface area contributed by atoms with Crippen molar-refractivity contribution in [1.82, 2.24) is 9.78 Å². The molecular weight excluding hydrogens is 270 g/mol. The monoisotopic (exact) mass is 285 g/mol. The maximum absolute atomic E-state index is 12.4. The second kappa shape index (κ2) is 5.40. The van der Waals surface area contributed by atoms with Crippen LogP contribution in [0.1, 0.15) is 22.5 Å². The van der Waals surface area contributed by atoms with Crippen LogP contribution in [0.5, 0.6) is 0 Å². The van der Waals surface area contributed by atoms with E-state index in [-0.39, 0.29) is 18.1 Å². The van der Waals surface area contributed by atoms with Gasteiger partial charge in [-0.3, -0.25) is 9.48 Å². The Balaban J connectivity index is 1.78. The van der Waals surface area contributed by atoms with Gasteiger partial charge in [0, 0.05) is 18.4 Å². The summed E-state index contributed by atoms with van der Waals surface area (Å²) in [6.07, 6.45) is 3.42. The number of aromatic nitrogens is 2. The third-order valence-electron chi connectivity index (χ3n) is 3.57. The highest BCUT2D eigenvalue weighted by molar-refractivity contribution is 5.94. The van der Waals surface area contributed by atoms with Gasteiger partial charge in [-0.05, 0) is 30.5 Å². The van der Waals surface area contributed by atoms with Gasteiger partial charge in [0.2, 0.25) is 5.91 Å². The van der Waals surface area contributed by atoms with Crippen molar-refractivity contribution in [2.75, 3.05) is 11.4 Å². The van der Waals surface area contributed by atoms with Crippen LogP contribution in [0.4, 0.5) is 5.69 Å². The molecule has 1 aromatic carbocycles. The molecule has 3 rings (SSSR count). The van der Waals surface area contributed by atoms with Crippen LogP contribution >= 0.6 is 0 Å². The number of para-hydroxylation sites is 1. The van der Waals surface area contributed by atoms with E-state index in [2.05, 4.69) is 5.10 Å². The number of hydrogen-bond acceptors (Lipinski definition) is 3. The van der Waals surface area contributed by atoms with Crippen LogP contribution in [-0.4, -0.2) is 33.3 Å². The lowest BCUT2D eigenvalue weighted by Gasteiger charge is -2.29. The van der Waals surface area contributed by atoms with E-state index in [1.807, 2.05) is 24.3 Å². The predicted octanol–water partition coefficient (Wildman–Crippen LogP) is 1.56. The fourth-order valence-electron chi connectivity index (χ4n) is 2.58. The average Bonchev–Trinajstić information content (AvgIpc) is 2.95. The van der Waals surface area contributed by atoms with Gasteiger partial charge in [0.25, 0.3) is 0 Å². The van der Waals surface area contributed by atoms with Gasteiger partial charge in [-0.25, -0.2) is 4.79 Å². The van der Waals surface area contributed by atoms with Gasteiger partial charge in [-0.15, -0.1) is 0 Å². The minimum atomic E-state index is -1.09. The average molecular weight is 285 g/mol. The van der Waals surface area contributed by atoms with Crippen molar-refractivity contribution in [3.05, 3.63) is 47.8 Å². The number of carboxylic acid groups (broad SMARTS) is 1. The quantitative estimate of drug-likeness (QED) is 0.928. The molecule has 0 radical (unpaired) electrons. The second-order valence-corrected chi connectivity index (χ2v) is 4.98. The molecule has 0 bridgehead atoms. The van der Waals surface area contributed by atoms with Crippen molar-refractivity contribution in [2.45, 2.75) is 19.4 Å². The standard InChI is InChI=1S/C15H15N3O3/c19-14(10-17-9-7-12(16-17)15(20)21)18-8-3-5-11-4-1-2-6-13(11)18/h1-2,4,6-7,9H,3,5,8,10H2,(H,20,21). The molecule has 108 valence electrons. The van der Waals surface area contributed by atoms with Gasteiger partial charge in [0.15, 0.2) is 5.69 Å². The third-order valence-corrected chi connectivity index (χ3v) is 3.57. The molecule has 0 spiro atoms. The van der Waals surface area contributed by atoms with E-state index in [1.54, 1.807) is 4.90 Å². The Hall–Kier alpha value is -2.63. The third kappa shape index (κ3) is 2.65. The summed E-state index contributed by atoms with van der Waals surface area (Å²) in [7, 11) is 0. The van der Waals surface area contributed by atoms with Gasteiger partial charge in [-0.1, -0.05) is 18.2 Å². The first-order valence-electron chi connectivity index (χ1n) is 6.80. The highest BCUT2D eigenvalue weighted by Crippen LogP contribution is 2.26. The van der Waals surface area contributed by atoms with Gasteiger partial charge in [0.1, 0.15) is 6.54 Å². The minimum absolute atomic E-state index is 0.0433. The Morgan fingerprint density at radius 3 is 2.81 bits per heavy atom. The molecule has 2 heterocycles. The summed E-state index contributed by atoms with van der Waals surface area (Å²) < 4.78 is 1.36. The lowest BCUT2D eigenvalue weighted by molar-refractivity contribution is -0.119. The van der Waals surface area contributed by atoms with E-state index < -0.39 is 5.97 Å². The topological polar surface area (TPSA) is 75.4 Å². The zero-order chi connectivity index (χ0) is 14.8. The number of aryl methyl sites for hydroxylation is 1. The Labute approximate surface area is 121 Å². The molecule has 2 aromatic rings. The number of nitrogens with zero attached hydrogens (tertiary/aromatic N) is 3. The number of carboxylic acids is 1. The van der Waals surface area contributed by atoms with E-state index in [1.165, 1.54) is 22.5 Å². The SMILES string of the molecule is O=C(O)c1ccn(CC(=O)N2CCCc3ccccc32)n1. The normalized spacial score (nSPS) is 13.8. The largest absolute Gasteiger partial charge is 0.476 e. The van der Waals surface area contributed by atoms with Crippen LogP contribution in [0.2, 0.25) is 0 Å². The molecule has 21 heavy (non-hydrogen) atoms. The zero-order valence-corrected chi connectivity index (χ0v) is 11.4. The first-order chi connectivity index (χ1) is 10.1. The van der Waals surface area contributed by atoms with Crippen molar-refractivity contribution in [1.29, 1.82) is 0 Å². The van der Waals surface area contributed by atoms with E-state index in [9.17, 15) is 9.59 Å². The first-order valence-corrected chi connectivity index (χ1v) is 6.80. The Morgan fingerprint density at radius 1 is 1.24 bits per heavy atom. The van der Waals surface area contributed by atoms with Gasteiger partial charge >= 0.3 is 5.97 Å². The van der Waals surface area contributed by atoms with E-state index >= 15 is 0 Å². The number of carbonyl (C=O) groups is 2. The molecule has 0 unspecified atom stereocenters. The molecule has 0 saturated heterocycles. The van der Waals surface area contributed by atoms with Crippen molar-refractivity contribution in [3.8, 4) is 0 Å². The van der Waals surface area contributed by atoms with E-state index in [0.29, 0.717) is 6.54 Å². The number of amides is 1. The fraction of sp³-hybridized carbons (Fsp3) is 0.267. The summed E-state index contributed by atoms with van der Waals surface area (Å²) in [5.41, 5.74) is 2.06. The number of carbonyl (C=O) groups excluding carboxylic acids is 1. The Bertz CT molecular complexity index is 693. The molecule has 6 nitrogen and oxygen atoms in total. The molecule has 1 aliphatic rings. The molecule has 1 N–H and O–H groups in total. The highest BCUT2D eigenvalue weighted by atomic mass is 16.4. The molecule has 6 heteroatoms. The maximum atomic E-state index is 12.4. The van der Waals surface area contributed by atoms with Crippen molar-refractivity contribution >= 4 is 17.6 Å². The Morgan fingerprint density at radius 2 is 2.05 bits per heavy atom. The van der Waals surface area contributed by atoms with Crippen LogP contribution in [0.3, 0.4) is 0 Å². The maximum Gasteiger partial charge on any atom is 0.356 e. The van der Waals surface area contributed by atoms with Crippen LogP contribution in [0.25, 0.3) is 0 Å². The molecule has 1 aliphatic heterocycles. The zero-order valence-electron chi connectivity index (χ0n) is 11.4. The summed E-state index contributed by atoms with van der Waals surface area (Å²) in [6.45, 7) is 0.727. The minimum Gasteiger partial charge on any atom is -0.476 e.